The third-order valence-corrected chi connectivity index (χ3v) is 9.68. The van der Waals surface area contributed by atoms with Gasteiger partial charge in [0.1, 0.15) is 0 Å². The maximum Gasteiger partial charge on any atom is 0.0851 e. The van der Waals surface area contributed by atoms with Crippen molar-refractivity contribution in [3.63, 3.8) is 0 Å². The second-order valence-electron chi connectivity index (χ2n) is 11.8. The summed E-state index contributed by atoms with van der Waals surface area (Å²) >= 11 is 0. The minimum Gasteiger partial charge on any atom is -0.367 e. The molecule has 1 spiro atoms. The first-order chi connectivity index (χ1) is 13.7. The molecule has 3 bridgehead atoms. The van der Waals surface area contributed by atoms with Gasteiger partial charge in [-0.1, -0.05) is 6.92 Å². The van der Waals surface area contributed by atoms with Gasteiger partial charge in [0, 0.05) is 12.0 Å². The third kappa shape index (κ3) is 3.70. The second kappa shape index (κ2) is 8.07. The predicted octanol–water partition coefficient (Wildman–Crippen LogP) is 4.00. The highest BCUT2D eigenvalue weighted by atomic mass is 16.5. The number of hydrogen-bond donors (Lipinski definition) is 1. The normalized spacial score (nSPS) is 45.5. The van der Waals surface area contributed by atoms with E-state index in [-0.39, 0.29) is 11.2 Å². The summed E-state index contributed by atoms with van der Waals surface area (Å²) in [6.07, 6.45) is 10.7. The zero-order valence-corrected chi connectivity index (χ0v) is 20.1. The van der Waals surface area contributed by atoms with Crippen LogP contribution in [0, 0.1) is 23.2 Å². The lowest BCUT2D eigenvalue weighted by Crippen LogP contribution is -2.62. The van der Waals surface area contributed by atoms with Gasteiger partial charge in [0.25, 0.3) is 0 Å². The Labute approximate surface area is 180 Å². The van der Waals surface area contributed by atoms with Gasteiger partial charge < -0.3 is 19.9 Å². The molecule has 0 aromatic rings. The number of fused-ring (bicyclic) bond motifs is 2. The smallest absolute Gasteiger partial charge is 0.0851 e. The summed E-state index contributed by atoms with van der Waals surface area (Å²) in [6, 6.07) is 0.564. The lowest BCUT2D eigenvalue weighted by atomic mass is 9.49. The molecule has 4 heteroatoms. The fourth-order valence-electron chi connectivity index (χ4n) is 8.08. The Hall–Kier alpha value is -0.160. The van der Waals surface area contributed by atoms with E-state index in [2.05, 4.69) is 57.0 Å². The molecular formula is C25H47N3O. The van der Waals surface area contributed by atoms with Crippen LogP contribution in [0.1, 0.15) is 72.1 Å². The molecule has 4 fully saturated rings. The fraction of sp³-hybridized carbons (Fsp3) is 1.00. The van der Waals surface area contributed by atoms with Crippen LogP contribution >= 0.6 is 0 Å². The van der Waals surface area contributed by atoms with Crippen molar-refractivity contribution in [3.8, 4) is 0 Å². The van der Waals surface area contributed by atoms with Crippen molar-refractivity contribution < 1.29 is 4.74 Å². The first kappa shape index (κ1) is 22.0. The predicted molar refractivity (Wildman–Crippen MR) is 121 cm³/mol. The zero-order chi connectivity index (χ0) is 20.9. The standard InChI is InChI=1S/C25H47N3O/c1-19-10-11-21-24(3)22(20-18-25(19,21)13-12-23(20,2)29-24)26-14-7-8-16-28(6)17-9-15-27(4)5/h19-22,26H,7-18H2,1-6H3/t19?,20?,21-,22+,23?,24-,25?/m1/s1. The Morgan fingerprint density at radius 1 is 0.966 bits per heavy atom. The van der Waals surface area contributed by atoms with E-state index in [0.29, 0.717) is 17.4 Å². The van der Waals surface area contributed by atoms with Crippen LogP contribution in [-0.4, -0.2) is 74.4 Å². The quantitative estimate of drug-likeness (QED) is 0.556. The highest BCUT2D eigenvalue weighted by molar-refractivity contribution is 5.24. The molecule has 4 unspecified atom stereocenters. The number of ether oxygens (including phenoxy) is 1. The first-order valence-electron chi connectivity index (χ1n) is 12.5. The van der Waals surface area contributed by atoms with Crippen LogP contribution < -0.4 is 5.32 Å². The Balaban J connectivity index is 1.28. The maximum atomic E-state index is 7.00. The van der Waals surface area contributed by atoms with Crippen LogP contribution in [0.3, 0.4) is 0 Å². The second-order valence-corrected chi connectivity index (χ2v) is 11.8. The number of rotatable bonds is 10. The molecule has 1 saturated heterocycles. The van der Waals surface area contributed by atoms with Crippen LogP contribution in [0.4, 0.5) is 0 Å². The molecule has 3 aliphatic carbocycles. The minimum absolute atomic E-state index is 0.0574. The lowest BCUT2D eigenvalue weighted by Gasteiger charge is -2.55. The molecule has 3 saturated carbocycles. The topological polar surface area (TPSA) is 27.7 Å². The first-order valence-corrected chi connectivity index (χ1v) is 12.5. The van der Waals surface area contributed by atoms with Gasteiger partial charge in [-0.2, -0.15) is 0 Å². The summed E-state index contributed by atoms with van der Waals surface area (Å²) in [5.41, 5.74) is 0.763. The van der Waals surface area contributed by atoms with Crippen molar-refractivity contribution in [2.45, 2.75) is 89.4 Å². The van der Waals surface area contributed by atoms with E-state index in [0.717, 1.165) is 18.4 Å². The van der Waals surface area contributed by atoms with Crippen LogP contribution in [0.25, 0.3) is 0 Å². The van der Waals surface area contributed by atoms with Gasteiger partial charge in [-0.05, 0) is 130 Å². The molecule has 4 rings (SSSR count). The van der Waals surface area contributed by atoms with Crippen LogP contribution in [0.15, 0.2) is 0 Å². The van der Waals surface area contributed by atoms with Crippen molar-refractivity contribution in [2.24, 2.45) is 23.2 Å². The Morgan fingerprint density at radius 3 is 2.48 bits per heavy atom. The summed E-state index contributed by atoms with van der Waals surface area (Å²) in [7, 11) is 6.60. The van der Waals surface area contributed by atoms with Crippen molar-refractivity contribution in [3.05, 3.63) is 0 Å². The summed E-state index contributed by atoms with van der Waals surface area (Å²) in [6.45, 7) is 12.2. The highest BCUT2D eigenvalue weighted by Gasteiger charge is 2.73. The van der Waals surface area contributed by atoms with E-state index < -0.39 is 0 Å². The summed E-state index contributed by atoms with van der Waals surface area (Å²) in [4.78, 5) is 4.78. The summed E-state index contributed by atoms with van der Waals surface area (Å²) < 4.78 is 7.00. The van der Waals surface area contributed by atoms with Crippen molar-refractivity contribution in [1.29, 1.82) is 0 Å². The Bertz CT molecular complexity index is 582. The van der Waals surface area contributed by atoms with Crippen LogP contribution in [-0.2, 0) is 4.74 Å². The van der Waals surface area contributed by atoms with Crippen LogP contribution in [0.5, 0.6) is 0 Å². The molecular weight excluding hydrogens is 358 g/mol. The maximum absolute atomic E-state index is 7.00. The molecule has 0 amide bonds. The number of nitrogens with zero attached hydrogens (tertiary/aromatic N) is 2. The van der Waals surface area contributed by atoms with Crippen molar-refractivity contribution in [1.82, 2.24) is 15.1 Å². The van der Waals surface area contributed by atoms with E-state index in [4.69, 9.17) is 4.74 Å². The van der Waals surface area contributed by atoms with E-state index in [1.54, 1.807) is 0 Å². The van der Waals surface area contributed by atoms with Gasteiger partial charge in [0.15, 0.2) is 0 Å². The molecule has 7 atom stereocenters. The largest absolute Gasteiger partial charge is 0.367 e. The highest BCUT2D eigenvalue weighted by Crippen LogP contribution is 2.72. The van der Waals surface area contributed by atoms with Gasteiger partial charge in [-0.25, -0.2) is 0 Å². The van der Waals surface area contributed by atoms with E-state index >= 15 is 0 Å². The van der Waals surface area contributed by atoms with E-state index in [1.807, 2.05) is 0 Å². The lowest BCUT2D eigenvalue weighted by molar-refractivity contribution is -0.115. The molecule has 1 N–H and O–H groups in total. The molecule has 0 aromatic heterocycles. The molecule has 0 radical (unpaired) electrons. The van der Waals surface area contributed by atoms with Crippen molar-refractivity contribution >= 4 is 0 Å². The number of nitrogens with one attached hydrogen (secondary N) is 1. The van der Waals surface area contributed by atoms with Gasteiger partial charge >= 0.3 is 0 Å². The molecule has 1 aliphatic heterocycles. The average molecular weight is 406 g/mol. The molecule has 0 aromatic carbocycles. The van der Waals surface area contributed by atoms with E-state index in [1.165, 1.54) is 71.0 Å². The zero-order valence-electron chi connectivity index (χ0n) is 20.1. The fourth-order valence-corrected chi connectivity index (χ4v) is 8.08. The number of unbranched alkanes of at least 4 members (excludes halogenated alkanes) is 1. The van der Waals surface area contributed by atoms with Crippen molar-refractivity contribution in [2.75, 3.05) is 47.3 Å². The Morgan fingerprint density at radius 2 is 1.72 bits per heavy atom. The van der Waals surface area contributed by atoms with E-state index in [9.17, 15) is 0 Å². The molecule has 1 heterocycles. The monoisotopic (exact) mass is 405 g/mol. The molecule has 29 heavy (non-hydrogen) atoms. The SMILES string of the molecule is CC1CC[C@H]2C13CCC1(C)O[C@@]2(C)[C@@H](NCCCCN(C)CCCN(C)C)C1C3. The average Bonchev–Trinajstić information content (AvgIpc) is 3.02. The number of hydrogen-bond acceptors (Lipinski definition) is 4. The van der Waals surface area contributed by atoms with Gasteiger partial charge in [0.05, 0.1) is 11.2 Å². The van der Waals surface area contributed by atoms with Crippen LogP contribution in [0.2, 0.25) is 0 Å². The molecule has 4 aliphatic rings. The Kier molecular flexibility index (Phi) is 6.14. The minimum atomic E-state index is 0.0574. The summed E-state index contributed by atoms with van der Waals surface area (Å²) in [5, 5.41) is 4.04. The van der Waals surface area contributed by atoms with Gasteiger partial charge in [-0.15, -0.1) is 0 Å². The third-order valence-electron chi connectivity index (χ3n) is 9.68. The summed E-state index contributed by atoms with van der Waals surface area (Å²) in [5.74, 6) is 2.38. The molecule has 168 valence electrons. The molecule has 4 nitrogen and oxygen atoms in total. The van der Waals surface area contributed by atoms with Gasteiger partial charge in [0.2, 0.25) is 0 Å². The van der Waals surface area contributed by atoms with Gasteiger partial charge in [-0.3, -0.25) is 0 Å².